The first-order valence-corrected chi connectivity index (χ1v) is 5.91. The van der Waals surface area contributed by atoms with Gasteiger partial charge in [-0.05, 0) is 37.5 Å². The van der Waals surface area contributed by atoms with Crippen molar-refractivity contribution in [2.75, 3.05) is 0 Å². The summed E-state index contributed by atoms with van der Waals surface area (Å²) < 4.78 is 5.42. The minimum Gasteiger partial charge on any atom is -0.469 e. The Morgan fingerprint density at radius 2 is 2.29 bits per heavy atom. The molecular weight excluding hydrogens is 214 g/mol. The van der Waals surface area contributed by atoms with Crippen LogP contribution in [0, 0.1) is 6.92 Å². The molecule has 3 heteroatoms. The molecule has 1 aliphatic carbocycles. The quantitative estimate of drug-likeness (QED) is 0.817. The Labute approximate surface area is 100 Å². The maximum atomic E-state index is 10.9. The lowest BCUT2D eigenvalue weighted by Gasteiger charge is -2.32. The summed E-state index contributed by atoms with van der Waals surface area (Å²) in [5.41, 5.74) is 1.89. The number of aliphatic hydroxyl groups is 1. The molecule has 17 heavy (non-hydrogen) atoms. The summed E-state index contributed by atoms with van der Waals surface area (Å²) in [5, 5.41) is 10.9. The van der Waals surface area contributed by atoms with Gasteiger partial charge in [0, 0.05) is 29.9 Å². The molecule has 0 bridgehead atoms. The third-order valence-corrected chi connectivity index (χ3v) is 3.49. The molecule has 2 heterocycles. The van der Waals surface area contributed by atoms with Crippen molar-refractivity contribution in [2.45, 2.75) is 31.8 Å². The van der Waals surface area contributed by atoms with Gasteiger partial charge in [-0.15, -0.1) is 0 Å². The normalized spacial score (nSPS) is 23.4. The van der Waals surface area contributed by atoms with Crippen LogP contribution in [0.25, 0.3) is 0 Å². The largest absolute Gasteiger partial charge is 0.469 e. The van der Waals surface area contributed by atoms with Crippen molar-refractivity contribution in [3.8, 4) is 0 Å². The number of furan rings is 1. The van der Waals surface area contributed by atoms with Gasteiger partial charge in [0.05, 0.1) is 6.26 Å². The van der Waals surface area contributed by atoms with E-state index in [1.807, 2.05) is 19.1 Å². The third kappa shape index (κ3) is 1.58. The molecule has 88 valence electrons. The van der Waals surface area contributed by atoms with Crippen molar-refractivity contribution in [3.63, 3.8) is 0 Å². The topological polar surface area (TPSA) is 46.3 Å². The molecule has 0 saturated heterocycles. The minimum absolute atomic E-state index is 0.727. The van der Waals surface area contributed by atoms with Gasteiger partial charge in [0.2, 0.25) is 0 Å². The Morgan fingerprint density at radius 1 is 1.41 bits per heavy atom. The van der Waals surface area contributed by atoms with Crippen molar-refractivity contribution >= 4 is 0 Å². The fourth-order valence-corrected chi connectivity index (χ4v) is 2.62. The number of hydrogen-bond donors (Lipinski definition) is 1. The van der Waals surface area contributed by atoms with Gasteiger partial charge in [0.1, 0.15) is 11.4 Å². The van der Waals surface area contributed by atoms with Crippen molar-refractivity contribution in [1.82, 2.24) is 4.98 Å². The fraction of sp³-hybridized carbons (Fsp3) is 0.357. The summed E-state index contributed by atoms with van der Waals surface area (Å²) in [6.45, 7) is 1.99. The van der Waals surface area contributed by atoms with Crippen LogP contribution >= 0.6 is 0 Å². The Bertz CT molecular complexity index is 547. The number of aryl methyl sites for hydroxylation is 2. The van der Waals surface area contributed by atoms with Crippen LogP contribution in [-0.2, 0) is 12.0 Å². The van der Waals surface area contributed by atoms with Crippen molar-refractivity contribution in [1.29, 1.82) is 0 Å². The maximum Gasteiger partial charge on any atom is 0.119 e. The molecule has 1 atom stereocenters. The highest BCUT2D eigenvalue weighted by Crippen LogP contribution is 2.40. The first kappa shape index (κ1) is 10.5. The predicted molar refractivity (Wildman–Crippen MR) is 63.6 cm³/mol. The van der Waals surface area contributed by atoms with E-state index in [9.17, 15) is 5.11 Å². The van der Waals surface area contributed by atoms with Gasteiger partial charge in [0.15, 0.2) is 0 Å². The molecule has 0 saturated carbocycles. The summed E-state index contributed by atoms with van der Waals surface area (Å²) in [7, 11) is 0. The van der Waals surface area contributed by atoms with Gasteiger partial charge in [-0.2, -0.15) is 0 Å². The first-order chi connectivity index (χ1) is 8.20. The lowest BCUT2D eigenvalue weighted by molar-refractivity contribution is 0.0585. The van der Waals surface area contributed by atoms with Gasteiger partial charge in [0.25, 0.3) is 0 Å². The van der Waals surface area contributed by atoms with Crippen molar-refractivity contribution < 1.29 is 9.52 Å². The lowest BCUT2D eigenvalue weighted by Crippen LogP contribution is -2.31. The van der Waals surface area contributed by atoms with E-state index in [2.05, 4.69) is 4.98 Å². The molecule has 0 fully saturated rings. The van der Waals surface area contributed by atoms with E-state index in [0.29, 0.717) is 0 Å². The average molecular weight is 229 g/mol. The van der Waals surface area contributed by atoms with Gasteiger partial charge in [-0.25, -0.2) is 0 Å². The molecule has 1 aliphatic rings. The molecule has 2 aromatic heterocycles. The minimum atomic E-state index is -0.931. The van der Waals surface area contributed by atoms with Crippen LogP contribution in [0.2, 0.25) is 0 Å². The predicted octanol–water partition coefficient (Wildman–Crippen LogP) is 2.56. The highest BCUT2D eigenvalue weighted by molar-refractivity contribution is 5.39. The van der Waals surface area contributed by atoms with Crippen LogP contribution in [0.5, 0.6) is 0 Å². The monoisotopic (exact) mass is 229 g/mol. The molecule has 1 unspecified atom stereocenters. The van der Waals surface area contributed by atoms with Crippen LogP contribution in [-0.4, -0.2) is 10.1 Å². The van der Waals surface area contributed by atoms with Crippen LogP contribution in [0.1, 0.15) is 35.3 Å². The molecule has 0 radical (unpaired) electrons. The van der Waals surface area contributed by atoms with E-state index >= 15 is 0 Å². The van der Waals surface area contributed by atoms with Gasteiger partial charge in [-0.3, -0.25) is 4.98 Å². The number of rotatable bonds is 1. The van der Waals surface area contributed by atoms with E-state index in [-0.39, 0.29) is 0 Å². The smallest absolute Gasteiger partial charge is 0.119 e. The van der Waals surface area contributed by atoms with Crippen molar-refractivity contribution in [2.24, 2.45) is 0 Å². The standard InChI is InChI=1S/C14H15NO2/c1-10-7-11(9-15-8-10)14(16)5-2-3-13-12(14)4-6-17-13/h4,6-9,16H,2-3,5H2,1H3. The van der Waals surface area contributed by atoms with Crippen LogP contribution in [0.4, 0.5) is 0 Å². The van der Waals surface area contributed by atoms with E-state index in [1.165, 1.54) is 0 Å². The highest BCUT2D eigenvalue weighted by Gasteiger charge is 2.38. The van der Waals surface area contributed by atoms with Crippen molar-refractivity contribution in [3.05, 3.63) is 53.2 Å². The van der Waals surface area contributed by atoms with Crippen LogP contribution in [0.3, 0.4) is 0 Å². The zero-order valence-electron chi connectivity index (χ0n) is 9.81. The third-order valence-electron chi connectivity index (χ3n) is 3.49. The SMILES string of the molecule is Cc1cncc(C2(O)CCCc3occc32)c1. The zero-order valence-corrected chi connectivity index (χ0v) is 9.81. The Kier molecular flexibility index (Phi) is 2.30. The van der Waals surface area contributed by atoms with Crippen LogP contribution in [0.15, 0.2) is 35.2 Å². The average Bonchev–Trinajstić information content (AvgIpc) is 2.79. The van der Waals surface area contributed by atoms with E-state index in [4.69, 9.17) is 4.42 Å². The molecule has 0 amide bonds. The molecule has 3 rings (SSSR count). The van der Waals surface area contributed by atoms with Gasteiger partial charge < -0.3 is 9.52 Å². The van der Waals surface area contributed by atoms with E-state index in [0.717, 1.165) is 41.7 Å². The maximum absolute atomic E-state index is 10.9. The zero-order chi connectivity index (χ0) is 11.9. The number of nitrogens with zero attached hydrogens (tertiary/aromatic N) is 1. The molecular formula is C14H15NO2. The first-order valence-electron chi connectivity index (χ1n) is 5.91. The number of fused-ring (bicyclic) bond motifs is 1. The molecule has 0 spiro atoms. The Balaban J connectivity index is 2.15. The number of aromatic nitrogens is 1. The Hall–Kier alpha value is -1.61. The second-order valence-corrected chi connectivity index (χ2v) is 4.72. The van der Waals surface area contributed by atoms with Gasteiger partial charge >= 0.3 is 0 Å². The second kappa shape index (κ2) is 3.70. The summed E-state index contributed by atoms with van der Waals surface area (Å²) in [5.74, 6) is 0.903. The van der Waals surface area contributed by atoms with E-state index in [1.54, 1.807) is 18.7 Å². The molecule has 2 aromatic rings. The van der Waals surface area contributed by atoms with Gasteiger partial charge in [-0.1, -0.05) is 0 Å². The fourth-order valence-electron chi connectivity index (χ4n) is 2.62. The second-order valence-electron chi connectivity index (χ2n) is 4.72. The molecule has 3 nitrogen and oxygen atoms in total. The summed E-state index contributed by atoms with van der Waals surface area (Å²) in [6.07, 6.45) is 7.77. The van der Waals surface area contributed by atoms with Crippen LogP contribution < -0.4 is 0 Å². The number of hydrogen-bond acceptors (Lipinski definition) is 3. The highest BCUT2D eigenvalue weighted by atomic mass is 16.3. The Morgan fingerprint density at radius 3 is 3.12 bits per heavy atom. The molecule has 1 N–H and O–H groups in total. The summed E-state index contributed by atoms with van der Waals surface area (Å²) in [6, 6.07) is 3.87. The summed E-state index contributed by atoms with van der Waals surface area (Å²) >= 11 is 0. The molecule has 0 aromatic carbocycles. The summed E-state index contributed by atoms with van der Waals surface area (Å²) in [4.78, 5) is 4.17. The lowest BCUT2D eigenvalue weighted by atomic mass is 9.78. The van der Waals surface area contributed by atoms with E-state index < -0.39 is 5.60 Å². The number of pyridine rings is 1. The molecule has 0 aliphatic heterocycles.